The van der Waals surface area contributed by atoms with E-state index < -0.39 is 7.12 Å². The lowest BCUT2D eigenvalue weighted by Crippen LogP contribution is -2.65. The molecule has 0 spiro atoms. The van der Waals surface area contributed by atoms with Gasteiger partial charge in [-0.2, -0.15) is 11.8 Å². The van der Waals surface area contributed by atoms with Gasteiger partial charge in [0, 0.05) is 16.2 Å². The van der Waals surface area contributed by atoms with E-state index in [0.717, 1.165) is 45.1 Å². The highest BCUT2D eigenvalue weighted by atomic mass is 32.2. The van der Waals surface area contributed by atoms with Crippen molar-refractivity contribution < 1.29 is 23.6 Å². The highest BCUT2D eigenvalue weighted by Gasteiger charge is 2.68. The van der Waals surface area contributed by atoms with Gasteiger partial charge in [0.15, 0.2) is 5.78 Å². The monoisotopic (exact) mass is 595 g/mol. The van der Waals surface area contributed by atoms with Gasteiger partial charge in [0.05, 0.1) is 30.5 Å². The molecule has 6 rings (SSSR count). The van der Waals surface area contributed by atoms with Gasteiger partial charge in [-0.05, 0) is 98.4 Å². The van der Waals surface area contributed by atoms with Gasteiger partial charge in [0.25, 0.3) is 0 Å². The summed E-state index contributed by atoms with van der Waals surface area (Å²) in [5.74, 6) is 2.70. The maximum Gasteiger partial charge on any atom is 0.482 e. The number of Topliss-reactive ketones (excluding diaryl/α,β-unsaturated/α-hetero) is 1. The van der Waals surface area contributed by atoms with Crippen molar-refractivity contribution in [1.82, 2.24) is 5.32 Å². The second-order valence-corrected chi connectivity index (χ2v) is 14.4. The maximum absolute atomic E-state index is 12.9. The first-order valence-corrected chi connectivity index (χ1v) is 16.9. The Morgan fingerprint density at radius 1 is 1.15 bits per heavy atom. The Kier molecular flexibility index (Phi) is 8.92. The first-order valence-electron chi connectivity index (χ1n) is 14.5. The van der Waals surface area contributed by atoms with Gasteiger partial charge in [-0.3, -0.25) is 9.59 Å². The molecule has 0 aromatic heterocycles. The number of amides is 1. The van der Waals surface area contributed by atoms with E-state index in [9.17, 15) is 9.59 Å². The van der Waals surface area contributed by atoms with Gasteiger partial charge in [0.2, 0.25) is 5.91 Å². The Morgan fingerprint density at radius 2 is 1.88 bits per heavy atom. The molecule has 2 bridgehead atoms. The van der Waals surface area contributed by atoms with Crippen molar-refractivity contribution in [3.8, 4) is 5.75 Å². The minimum Gasteiger partial charge on any atom is -0.497 e. The number of hydrogen-bond donors (Lipinski definition) is 1. The molecule has 1 heterocycles. The molecule has 1 unspecified atom stereocenters. The van der Waals surface area contributed by atoms with E-state index in [-0.39, 0.29) is 34.8 Å². The molecule has 3 saturated carbocycles. The molecule has 9 heteroatoms. The number of rotatable bonds is 11. The van der Waals surface area contributed by atoms with Crippen LogP contribution in [-0.2, 0) is 26.3 Å². The fourth-order valence-corrected chi connectivity index (χ4v) is 8.76. The summed E-state index contributed by atoms with van der Waals surface area (Å²) in [5.41, 5.74) is 3.77. The Hall–Kier alpha value is -1.94. The summed E-state index contributed by atoms with van der Waals surface area (Å²) in [6.45, 7) is 10.5. The Labute approximate surface area is 253 Å². The van der Waals surface area contributed by atoms with Crippen LogP contribution < -0.4 is 10.1 Å². The number of ether oxygens (including phenoxy) is 1. The number of carbonyl (C=O) groups is 2. The fourth-order valence-electron chi connectivity index (χ4n) is 7.29. The number of carbonyl (C=O) groups excluding carboxylic acids is 2. The molecule has 1 aliphatic heterocycles. The normalized spacial score (nSPS) is 26.6. The van der Waals surface area contributed by atoms with Crippen LogP contribution in [0.25, 0.3) is 0 Å². The van der Waals surface area contributed by atoms with Crippen molar-refractivity contribution in [1.29, 1.82) is 0 Å². The average Bonchev–Trinajstić information content (AvgIpc) is 3.30. The second kappa shape index (κ2) is 12.0. The lowest BCUT2D eigenvalue weighted by molar-refractivity contribution is -0.199. The van der Waals surface area contributed by atoms with Gasteiger partial charge < -0.3 is 19.4 Å². The SMILES string of the molecule is COc1ccc(CSc2ccc(C[C@H](NC(=O)CSC)B3OC4C[C@@H]5C[C@@H](C5(C)C)[C@]4(C)O3)c(C)c2C(C)=O)cc1. The Bertz CT molecular complexity index is 1300. The topological polar surface area (TPSA) is 73.9 Å². The molecule has 4 fully saturated rings. The van der Waals surface area contributed by atoms with Crippen LogP contribution in [0, 0.1) is 24.2 Å². The Balaban J connectivity index is 1.37. The van der Waals surface area contributed by atoms with Crippen LogP contribution in [0.5, 0.6) is 5.75 Å². The number of nitrogens with one attached hydrogen (secondary N) is 1. The summed E-state index contributed by atoms with van der Waals surface area (Å²) in [6, 6.07) is 12.1. The van der Waals surface area contributed by atoms with Crippen molar-refractivity contribution in [2.24, 2.45) is 17.3 Å². The molecule has 1 amide bonds. The van der Waals surface area contributed by atoms with E-state index in [4.69, 9.17) is 14.0 Å². The molecule has 1 saturated heterocycles. The molecule has 2 aromatic rings. The Morgan fingerprint density at radius 3 is 2.51 bits per heavy atom. The lowest BCUT2D eigenvalue weighted by Gasteiger charge is -2.64. The van der Waals surface area contributed by atoms with Crippen molar-refractivity contribution in [3.63, 3.8) is 0 Å². The molecular formula is C32H42BNO5S2. The first-order chi connectivity index (χ1) is 19.5. The number of thioether (sulfide) groups is 2. The van der Waals surface area contributed by atoms with Crippen LogP contribution in [0.3, 0.4) is 0 Å². The number of benzene rings is 2. The van der Waals surface area contributed by atoms with E-state index in [2.05, 4.69) is 32.2 Å². The molecule has 41 heavy (non-hydrogen) atoms. The molecule has 5 atom stereocenters. The quantitative estimate of drug-likeness (QED) is 0.190. The standard InChI is InChI=1S/C32H42BNO5S2/c1-19-22(10-13-25(30(19)20(2)35)41-17-21-8-11-24(37-6)12-9-21)14-28(34-29(36)18-40-7)33-38-27-16-23-15-26(31(23,3)4)32(27,5)39-33/h8-13,23,26-28H,14-18H2,1-7H3,(H,34,36)/t23-,26-,27?,28-,32-/m0/s1. The van der Waals surface area contributed by atoms with Crippen molar-refractivity contribution >= 4 is 42.3 Å². The molecule has 4 aliphatic rings. The lowest BCUT2D eigenvalue weighted by atomic mass is 9.43. The summed E-state index contributed by atoms with van der Waals surface area (Å²) < 4.78 is 18.6. The van der Waals surface area contributed by atoms with Crippen molar-refractivity contribution in [3.05, 3.63) is 58.7 Å². The highest BCUT2D eigenvalue weighted by Crippen LogP contribution is 2.65. The van der Waals surface area contributed by atoms with Gasteiger partial charge in [-0.25, -0.2) is 0 Å². The number of ketones is 1. The zero-order valence-corrected chi connectivity index (χ0v) is 26.9. The second-order valence-electron chi connectivity index (χ2n) is 12.6. The minimum atomic E-state index is -0.532. The van der Waals surface area contributed by atoms with Crippen LogP contribution >= 0.6 is 23.5 Å². The molecule has 1 N–H and O–H groups in total. The predicted molar refractivity (Wildman–Crippen MR) is 168 cm³/mol. The summed E-state index contributed by atoms with van der Waals surface area (Å²) >= 11 is 3.16. The largest absolute Gasteiger partial charge is 0.497 e. The third-order valence-electron chi connectivity index (χ3n) is 9.80. The molecule has 3 aliphatic carbocycles. The van der Waals surface area contributed by atoms with Gasteiger partial charge in [0.1, 0.15) is 5.75 Å². The van der Waals surface area contributed by atoms with Crippen molar-refractivity contribution in [2.45, 2.75) is 82.2 Å². The van der Waals surface area contributed by atoms with Crippen LogP contribution in [0.15, 0.2) is 41.3 Å². The molecule has 220 valence electrons. The third-order valence-corrected chi connectivity index (χ3v) is 11.5. The van der Waals surface area contributed by atoms with Crippen LogP contribution in [0.4, 0.5) is 0 Å². The number of methoxy groups -OCH3 is 1. The average molecular weight is 596 g/mol. The van der Waals surface area contributed by atoms with Crippen molar-refractivity contribution in [2.75, 3.05) is 19.1 Å². The third kappa shape index (κ3) is 5.84. The zero-order valence-electron chi connectivity index (χ0n) is 25.2. The van der Waals surface area contributed by atoms with Crippen LogP contribution in [-0.4, -0.2) is 55.6 Å². The van der Waals surface area contributed by atoms with Crippen LogP contribution in [0.1, 0.15) is 67.6 Å². The maximum atomic E-state index is 12.9. The molecular weight excluding hydrogens is 553 g/mol. The van der Waals surface area contributed by atoms with Gasteiger partial charge in [-0.15, -0.1) is 11.8 Å². The van der Waals surface area contributed by atoms with E-state index >= 15 is 0 Å². The summed E-state index contributed by atoms with van der Waals surface area (Å²) in [5, 5.41) is 3.22. The minimum absolute atomic E-state index is 0.0320. The summed E-state index contributed by atoms with van der Waals surface area (Å²) in [4.78, 5) is 26.7. The zero-order chi connectivity index (χ0) is 29.5. The molecule has 2 aromatic carbocycles. The fraction of sp³-hybridized carbons (Fsp3) is 0.562. The van der Waals surface area contributed by atoms with E-state index in [0.29, 0.717) is 24.0 Å². The van der Waals surface area contributed by atoms with E-state index in [1.54, 1.807) is 25.8 Å². The van der Waals surface area contributed by atoms with Gasteiger partial charge >= 0.3 is 7.12 Å². The number of hydrogen-bond acceptors (Lipinski definition) is 7. The van der Waals surface area contributed by atoms with Gasteiger partial charge in [-0.1, -0.05) is 32.0 Å². The van der Waals surface area contributed by atoms with E-state index in [1.165, 1.54) is 18.2 Å². The van der Waals surface area contributed by atoms with E-state index in [1.807, 2.05) is 43.5 Å². The summed E-state index contributed by atoms with van der Waals surface area (Å²) in [6.07, 6.45) is 4.66. The molecule has 0 radical (unpaired) electrons. The predicted octanol–water partition coefficient (Wildman–Crippen LogP) is 6.16. The molecule has 6 nitrogen and oxygen atoms in total. The summed E-state index contributed by atoms with van der Waals surface area (Å²) in [7, 11) is 1.13. The highest BCUT2D eigenvalue weighted by molar-refractivity contribution is 7.99. The first kappa shape index (κ1) is 30.5. The smallest absolute Gasteiger partial charge is 0.482 e. The van der Waals surface area contributed by atoms with Crippen LogP contribution in [0.2, 0.25) is 0 Å².